The number of rotatable bonds is 4. The van der Waals surface area contributed by atoms with Crippen LogP contribution in [0.25, 0.3) is 0 Å². The quantitative estimate of drug-likeness (QED) is 0.669. The van der Waals surface area contributed by atoms with E-state index in [0.717, 1.165) is 16.8 Å². The van der Waals surface area contributed by atoms with Crippen molar-refractivity contribution in [2.24, 2.45) is 0 Å². The monoisotopic (exact) mass is 392 g/mol. The van der Waals surface area contributed by atoms with Crippen molar-refractivity contribution >= 4 is 21.4 Å². The number of hydrogen-bond donors (Lipinski definition) is 1. The van der Waals surface area contributed by atoms with Crippen molar-refractivity contribution in [2.75, 3.05) is 9.62 Å². The van der Waals surface area contributed by atoms with Crippen LogP contribution in [0.3, 0.4) is 0 Å². The highest BCUT2D eigenvalue weighted by Gasteiger charge is 2.36. The molecule has 0 spiro atoms. The highest BCUT2D eigenvalue weighted by Crippen LogP contribution is 2.41. The number of benzene rings is 3. The zero-order chi connectivity index (χ0) is 19.7. The average Bonchev–Trinajstić information content (AvgIpc) is 2.69. The normalized spacial score (nSPS) is 18.8. The summed E-state index contributed by atoms with van der Waals surface area (Å²) >= 11 is 0. The summed E-state index contributed by atoms with van der Waals surface area (Å²) in [6.07, 6.45) is 0.691. The summed E-state index contributed by atoms with van der Waals surface area (Å²) in [4.78, 5) is 0.311. The van der Waals surface area contributed by atoms with E-state index in [1.54, 1.807) is 16.4 Å². The van der Waals surface area contributed by atoms with E-state index in [4.69, 9.17) is 0 Å². The molecule has 1 heterocycles. The number of sulfonamides is 1. The Kier molecular flexibility index (Phi) is 4.85. The molecule has 28 heavy (non-hydrogen) atoms. The van der Waals surface area contributed by atoms with Crippen molar-refractivity contribution in [1.82, 2.24) is 0 Å². The molecular weight excluding hydrogens is 368 g/mol. The standard InChI is InChI=1S/C23H24N2O2S/c1-17-12-14-20(15-13-17)28(26,27)25(19-8-4-3-5-9-19)23-16-18(2)24-22-11-7-6-10-21(22)23/h3-15,18,23-24H,16H2,1-2H3/t18-,23+/m0/s1. The van der Waals surface area contributed by atoms with Gasteiger partial charge in [-0.25, -0.2) is 8.42 Å². The molecular formula is C23H24N2O2S. The van der Waals surface area contributed by atoms with Gasteiger partial charge >= 0.3 is 0 Å². The molecule has 2 atom stereocenters. The lowest BCUT2D eigenvalue weighted by molar-refractivity contribution is 0.541. The van der Waals surface area contributed by atoms with Gasteiger partial charge < -0.3 is 5.32 Å². The highest BCUT2D eigenvalue weighted by atomic mass is 32.2. The van der Waals surface area contributed by atoms with E-state index in [9.17, 15) is 8.42 Å². The summed E-state index contributed by atoms with van der Waals surface area (Å²) < 4.78 is 29.1. The van der Waals surface area contributed by atoms with Crippen LogP contribution in [-0.4, -0.2) is 14.5 Å². The van der Waals surface area contributed by atoms with Gasteiger partial charge in [-0.2, -0.15) is 0 Å². The molecule has 0 unspecified atom stereocenters. The van der Waals surface area contributed by atoms with E-state index in [2.05, 4.69) is 12.2 Å². The maximum Gasteiger partial charge on any atom is 0.264 e. The number of fused-ring (bicyclic) bond motifs is 1. The van der Waals surface area contributed by atoms with Crippen LogP contribution in [-0.2, 0) is 10.0 Å². The molecule has 0 fully saturated rings. The largest absolute Gasteiger partial charge is 0.382 e. The lowest BCUT2D eigenvalue weighted by Gasteiger charge is -2.39. The smallest absolute Gasteiger partial charge is 0.264 e. The predicted molar refractivity (Wildman–Crippen MR) is 114 cm³/mol. The number of nitrogens with one attached hydrogen (secondary N) is 1. The average molecular weight is 393 g/mol. The Balaban J connectivity index is 1.90. The summed E-state index contributed by atoms with van der Waals surface area (Å²) in [5.74, 6) is 0. The Morgan fingerprint density at radius 2 is 1.54 bits per heavy atom. The molecule has 4 rings (SSSR count). The summed E-state index contributed by atoms with van der Waals surface area (Å²) in [5.41, 5.74) is 3.70. The van der Waals surface area contributed by atoms with E-state index in [1.807, 2.05) is 73.7 Å². The number of aryl methyl sites for hydroxylation is 1. The Hall–Kier alpha value is -2.79. The molecule has 0 saturated carbocycles. The van der Waals surface area contributed by atoms with Crippen molar-refractivity contribution in [1.29, 1.82) is 0 Å². The molecule has 1 aliphatic heterocycles. The summed E-state index contributed by atoms with van der Waals surface area (Å²) in [5, 5.41) is 3.47. The highest BCUT2D eigenvalue weighted by molar-refractivity contribution is 7.92. The second-order valence-electron chi connectivity index (χ2n) is 7.33. The van der Waals surface area contributed by atoms with Gasteiger partial charge in [0.05, 0.1) is 16.6 Å². The van der Waals surface area contributed by atoms with Crippen molar-refractivity contribution in [3.8, 4) is 0 Å². The van der Waals surface area contributed by atoms with Gasteiger partial charge in [0.25, 0.3) is 10.0 Å². The third kappa shape index (κ3) is 3.38. The molecule has 0 saturated heterocycles. The molecule has 0 radical (unpaired) electrons. The van der Waals surface area contributed by atoms with Crippen molar-refractivity contribution in [3.63, 3.8) is 0 Å². The molecule has 3 aromatic rings. The number of anilines is 2. The van der Waals surface area contributed by atoms with E-state index in [0.29, 0.717) is 17.0 Å². The van der Waals surface area contributed by atoms with E-state index < -0.39 is 10.0 Å². The van der Waals surface area contributed by atoms with Crippen LogP contribution in [0.4, 0.5) is 11.4 Å². The van der Waals surface area contributed by atoms with Crippen molar-refractivity contribution < 1.29 is 8.42 Å². The zero-order valence-corrected chi connectivity index (χ0v) is 16.9. The van der Waals surface area contributed by atoms with Gasteiger partial charge in [0, 0.05) is 11.7 Å². The molecule has 3 aromatic carbocycles. The molecule has 0 aliphatic carbocycles. The molecule has 4 nitrogen and oxygen atoms in total. The number of para-hydroxylation sites is 2. The molecule has 1 N–H and O–H groups in total. The van der Waals surface area contributed by atoms with Gasteiger partial charge in [-0.1, -0.05) is 54.1 Å². The number of hydrogen-bond acceptors (Lipinski definition) is 3. The lowest BCUT2D eigenvalue weighted by atomic mass is 9.93. The topological polar surface area (TPSA) is 49.4 Å². The van der Waals surface area contributed by atoms with Crippen molar-refractivity contribution in [2.45, 2.75) is 37.2 Å². The minimum Gasteiger partial charge on any atom is -0.382 e. The summed E-state index contributed by atoms with van der Waals surface area (Å²) in [6, 6.07) is 24.3. The Morgan fingerprint density at radius 1 is 0.893 bits per heavy atom. The van der Waals surface area contributed by atoms with Crippen LogP contribution in [0.5, 0.6) is 0 Å². The van der Waals surface area contributed by atoms with Crippen LogP contribution in [0.15, 0.2) is 83.8 Å². The minimum absolute atomic E-state index is 0.166. The molecule has 0 bridgehead atoms. The van der Waals surface area contributed by atoms with Crippen molar-refractivity contribution in [3.05, 3.63) is 90.0 Å². The maximum atomic E-state index is 13.8. The van der Waals surface area contributed by atoms with Crippen LogP contribution < -0.4 is 9.62 Å². The molecule has 0 amide bonds. The summed E-state index contributed by atoms with van der Waals surface area (Å²) in [6.45, 7) is 4.04. The van der Waals surface area contributed by atoms with Gasteiger partial charge in [-0.05, 0) is 56.2 Å². The Bertz CT molecular complexity index is 1060. The minimum atomic E-state index is -3.73. The fourth-order valence-corrected chi connectivity index (χ4v) is 5.45. The SMILES string of the molecule is Cc1ccc(S(=O)(=O)N(c2ccccc2)[C@@H]2C[C@H](C)Nc3ccccc32)cc1. The number of nitrogens with zero attached hydrogens (tertiary/aromatic N) is 1. The van der Waals surface area contributed by atoms with Crippen LogP contribution in [0.1, 0.15) is 30.5 Å². The summed E-state index contributed by atoms with van der Waals surface area (Å²) in [7, 11) is -3.73. The second kappa shape index (κ2) is 7.32. The third-order valence-corrected chi connectivity index (χ3v) is 7.02. The first kappa shape index (κ1) is 18.6. The van der Waals surface area contributed by atoms with Gasteiger partial charge in [-0.15, -0.1) is 0 Å². The van der Waals surface area contributed by atoms with Gasteiger partial charge in [0.2, 0.25) is 0 Å². The van der Waals surface area contributed by atoms with Crippen LogP contribution in [0, 0.1) is 6.92 Å². The Labute approximate surface area is 166 Å². The predicted octanol–water partition coefficient (Wildman–Crippen LogP) is 5.14. The van der Waals surface area contributed by atoms with Crippen LogP contribution >= 0.6 is 0 Å². The van der Waals surface area contributed by atoms with Crippen LogP contribution in [0.2, 0.25) is 0 Å². The third-order valence-electron chi connectivity index (χ3n) is 5.17. The van der Waals surface area contributed by atoms with Gasteiger partial charge in [-0.3, -0.25) is 4.31 Å². The molecule has 5 heteroatoms. The second-order valence-corrected chi connectivity index (χ2v) is 9.15. The molecule has 144 valence electrons. The fraction of sp³-hybridized carbons (Fsp3) is 0.217. The van der Waals surface area contributed by atoms with Gasteiger partial charge in [0.15, 0.2) is 0 Å². The first-order valence-electron chi connectivity index (χ1n) is 9.48. The zero-order valence-electron chi connectivity index (χ0n) is 16.0. The van der Waals surface area contributed by atoms with E-state index in [1.165, 1.54) is 0 Å². The first-order valence-corrected chi connectivity index (χ1v) is 10.9. The maximum absolute atomic E-state index is 13.8. The van der Waals surface area contributed by atoms with Gasteiger partial charge in [0.1, 0.15) is 0 Å². The lowest BCUT2D eigenvalue weighted by Crippen LogP contribution is -2.40. The van der Waals surface area contributed by atoms with E-state index >= 15 is 0 Å². The van der Waals surface area contributed by atoms with E-state index in [-0.39, 0.29) is 12.1 Å². The first-order chi connectivity index (χ1) is 13.5. The molecule has 1 aliphatic rings. The fourth-order valence-electron chi connectivity index (χ4n) is 3.81. The Morgan fingerprint density at radius 3 is 2.25 bits per heavy atom. The molecule has 0 aromatic heterocycles.